The summed E-state index contributed by atoms with van der Waals surface area (Å²) < 4.78 is 38.7. The number of halogens is 5. The van der Waals surface area contributed by atoms with Crippen LogP contribution in [0.15, 0.2) is 36.7 Å². The molecule has 2 heterocycles. The average Bonchev–Trinajstić information content (AvgIpc) is 3.26. The van der Waals surface area contributed by atoms with Gasteiger partial charge >= 0.3 is 6.18 Å². The number of carbonyl (C=O) groups is 1. The van der Waals surface area contributed by atoms with Gasteiger partial charge in [-0.15, -0.1) is 0 Å². The Kier molecular flexibility index (Phi) is 5.86. The standard InChI is InChI=1S/C21H20Cl2F3N3O/c22-15-3-12(4-16(23)8-15)19-5-13(19)6-20(30)28-17-1-2-29(11-17)18-7-14(9-27-10-18)21(24,25)26/h3-4,7-10,13,17,19H,1-2,5-6,11H2,(H,28,30)/t13-,17+,19+/m0/s1. The summed E-state index contributed by atoms with van der Waals surface area (Å²) in [6.45, 7) is 1.04. The zero-order chi connectivity index (χ0) is 21.5. The Morgan fingerprint density at radius 2 is 1.90 bits per heavy atom. The highest BCUT2D eigenvalue weighted by Crippen LogP contribution is 2.50. The van der Waals surface area contributed by atoms with Gasteiger partial charge in [0, 0.05) is 41.8 Å². The maximum absolute atomic E-state index is 12.9. The van der Waals surface area contributed by atoms with Crippen LogP contribution in [0.5, 0.6) is 0 Å². The van der Waals surface area contributed by atoms with Crippen molar-refractivity contribution in [3.05, 3.63) is 57.8 Å². The van der Waals surface area contributed by atoms with Crippen LogP contribution >= 0.6 is 23.2 Å². The summed E-state index contributed by atoms with van der Waals surface area (Å²) in [5.74, 6) is 0.498. The lowest BCUT2D eigenvalue weighted by Gasteiger charge is -2.20. The number of hydrogen-bond donors (Lipinski definition) is 1. The van der Waals surface area contributed by atoms with E-state index in [-0.39, 0.29) is 23.8 Å². The van der Waals surface area contributed by atoms with Crippen LogP contribution < -0.4 is 10.2 Å². The van der Waals surface area contributed by atoms with Crippen molar-refractivity contribution in [2.75, 3.05) is 18.0 Å². The number of rotatable bonds is 5. The van der Waals surface area contributed by atoms with Crippen molar-refractivity contribution in [3.8, 4) is 0 Å². The van der Waals surface area contributed by atoms with Gasteiger partial charge in [0.15, 0.2) is 0 Å². The molecular weight excluding hydrogens is 438 g/mol. The van der Waals surface area contributed by atoms with Crippen molar-refractivity contribution in [1.29, 1.82) is 0 Å². The van der Waals surface area contributed by atoms with Gasteiger partial charge in [-0.05, 0) is 54.5 Å². The number of nitrogens with zero attached hydrogens (tertiary/aromatic N) is 2. The van der Waals surface area contributed by atoms with Crippen LogP contribution in [-0.2, 0) is 11.0 Å². The fourth-order valence-corrected chi connectivity index (χ4v) is 4.61. The maximum atomic E-state index is 12.9. The number of carbonyl (C=O) groups excluding carboxylic acids is 1. The molecule has 160 valence electrons. The Bertz CT molecular complexity index is 933. The summed E-state index contributed by atoms with van der Waals surface area (Å²) in [6, 6.07) is 6.46. The van der Waals surface area contributed by atoms with E-state index in [9.17, 15) is 18.0 Å². The summed E-state index contributed by atoms with van der Waals surface area (Å²) in [7, 11) is 0. The Balaban J connectivity index is 1.29. The largest absolute Gasteiger partial charge is 0.417 e. The molecule has 0 radical (unpaired) electrons. The van der Waals surface area contributed by atoms with Crippen molar-refractivity contribution < 1.29 is 18.0 Å². The molecule has 1 aliphatic carbocycles. The van der Waals surface area contributed by atoms with E-state index in [1.165, 1.54) is 6.20 Å². The summed E-state index contributed by atoms with van der Waals surface area (Å²) in [6.07, 6.45) is -0.181. The van der Waals surface area contributed by atoms with Crippen molar-refractivity contribution in [1.82, 2.24) is 10.3 Å². The normalized spacial score (nSPS) is 23.5. The van der Waals surface area contributed by atoms with Gasteiger partial charge in [-0.2, -0.15) is 13.2 Å². The second-order valence-electron chi connectivity index (χ2n) is 7.94. The van der Waals surface area contributed by atoms with E-state index in [2.05, 4.69) is 10.3 Å². The fraction of sp³-hybridized carbons (Fsp3) is 0.429. The molecular formula is C21H20Cl2F3N3O. The van der Waals surface area contributed by atoms with Crippen LogP contribution in [0.3, 0.4) is 0 Å². The van der Waals surface area contributed by atoms with E-state index in [1.54, 1.807) is 6.07 Å². The fourth-order valence-electron chi connectivity index (χ4n) is 4.06. The van der Waals surface area contributed by atoms with Gasteiger partial charge in [-0.25, -0.2) is 0 Å². The Morgan fingerprint density at radius 3 is 2.60 bits per heavy atom. The topological polar surface area (TPSA) is 45.2 Å². The Labute approximate surface area is 182 Å². The lowest BCUT2D eigenvalue weighted by molar-refractivity contribution is -0.137. The monoisotopic (exact) mass is 457 g/mol. The summed E-state index contributed by atoms with van der Waals surface area (Å²) in [5, 5.41) is 4.19. The zero-order valence-corrected chi connectivity index (χ0v) is 17.4. The first-order valence-corrected chi connectivity index (χ1v) is 10.5. The minimum Gasteiger partial charge on any atom is -0.368 e. The number of alkyl halides is 3. The van der Waals surface area contributed by atoms with Crippen LogP contribution in [0.1, 0.15) is 36.3 Å². The van der Waals surface area contributed by atoms with E-state index < -0.39 is 11.7 Å². The van der Waals surface area contributed by atoms with Crippen molar-refractivity contribution in [3.63, 3.8) is 0 Å². The molecule has 2 fully saturated rings. The van der Waals surface area contributed by atoms with E-state index >= 15 is 0 Å². The molecule has 1 amide bonds. The number of amides is 1. The van der Waals surface area contributed by atoms with E-state index in [1.807, 2.05) is 17.0 Å². The first-order valence-electron chi connectivity index (χ1n) is 9.71. The Morgan fingerprint density at radius 1 is 1.17 bits per heavy atom. The number of nitrogens with one attached hydrogen (secondary N) is 1. The van der Waals surface area contributed by atoms with Gasteiger partial charge in [-0.3, -0.25) is 9.78 Å². The van der Waals surface area contributed by atoms with Gasteiger partial charge in [-0.1, -0.05) is 23.2 Å². The van der Waals surface area contributed by atoms with Crippen LogP contribution in [-0.4, -0.2) is 30.0 Å². The predicted octanol–water partition coefficient (Wildman–Crippen LogP) is 5.30. The quantitative estimate of drug-likeness (QED) is 0.662. The molecule has 3 atom stereocenters. The van der Waals surface area contributed by atoms with E-state index in [0.29, 0.717) is 41.7 Å². The predicted molar refractivity (Wildman–Crippen MR) is 110 cm³/mol. The van der Waals surface area contributed by atoms with Crippen molar-refractivity contribution in [2.24, 2.45) is 5.92 Å². The van der Waals surface area contributed by atoms with Crippen LogP contribution in [0.25, 0.3) is 0 Å². The minimum absolute atomic E-state index is 0.0374. The van der Waals surface area contributed by atoms with Gasteiger partial charge in [0.1, 0.15) is 0 Å². The third-order valence-electron chi connectivity index (χ3n) is 5.65. The molecule has 1 saturated heterocycles. The second kappa shape index (κ2) is 8.27. The van der Waals surface area contributed by atoms with Gasteiger partial charge in [0.2, 0.25) is 5.91 Å². The summed E-state index contributed by atoms with van der Waals surface area (Å²) in [4.78, 5) is 18.0. The minimum atomic E-state index is -4.43. The first kappa shape index (κ1) is 21.2. The smallest absolute Gasteiger partial charge is 0.368 e. The highest BCUT2D eigenvalue weighted by atomic mass is 35.5. The average molecular weight is 458 g/mol. The van der Waals surface area contributed by atoms with Gasteiger partial charge in [0.05, 0.1) is 17.4 Å². The SMILES string of the molecule is O=C(C[C@@H]1C[C@@H]1c1cc(Cl)cc(Cl)c1)N[C@@H]1CCN(c2cncc(C(F)(F)F)c2)C1. The number of benzene rings is 1. The summed E-state index contributed by atoms with van der Waals surface area (Å²) >= 11 is 12.1. The highest BCUT2D eigenvalue weighted by molar-refractivity contribution is 6.34. The molecule has 1 aliphatic heterocycles. The summed E-state index contributed by atoms with van der Waals surface area (Å²) in [5.41, 5.74) is 0.699. The van der Waals surface area contributed by atoms with Crippen LogP contribution in [0.4, 0.5) is 18.9 Å². The lowest BCUT2D eigenvalue weighted by atomic mass is 10.1. The van der Waals surface area contributed by atoms with E-state index in [4.69, 9.17) is 23.2 Å². The third-order valence-corrected chi connectivity index (χ3v) is 6.09. The Hall–Kier alpha value is -1.99. The highest BCUT2D eigenvalue weighted by Gasteiger charge is 2.40. The third kappa shape index (κ3) is 5.01. The molecule has 2 aromatic rings. The maximum Gasteiger partial charge on any atom is 0.417 e. The number of aromatic nitrogens is 1. The molecule has 0 bridgehead atoms. The van der Waals surface area contributed by atoms with E-state index in [0.717, 1.165) is 24.2 Å². The molecule has 30 heavy (non-hydrogen) atoms. The first-order chi connectivity index (χ1) is 14.2. The number of pyridine rings is 1. The molecule has 9 heteroatoms. The molecule has 0 unspecified atom stereocenters. The number of anilines is 1. The molecule has 1 aromatic carbocycles. The van der Waals surface area contributed by atoms with Gasteiger partial charge in [0.25, 0.3) is 0 Å². The molecule has 0 spiro atoms. The van der Waals surface area contributed by atoms with Crippen molar-refractivity contribution >= 4 is 34.8 Å². The zero-order valence-electron chi connectivity index (χ0n) is 15.9. The molecule has 4 nitrogen and oxygen atoms in total. The molecule has 1 aromatic heterocycles. The molecule has 1 N–H and O–H groups in total. The number of hydrogen-bond acceptors (Lipinski definition) is 3. The molecule has 1 saturated carbocycles. The van der Waals surface area contributed by atoms with Crippen molar-refractivity contribution in [2.45, 2.75) is 37.4 Å². The van der Waals surface area contributed by atoms with Gasteiger partial charge < -0.3 is 10.2 Å². The van der Waals surface area contributed by atoms with Crippen LogP contribution in [0.2, 0.25) is 10.0 Å². The lowest BCUT2D eigenvalue weighted by Crippen LogP contribution is -2.37. The molecule has 2 aliphatic rings. The van der Waals surface area contributed by atoms with Crippen LogP contribution in [0, 0.1) is 5.92 Å². The molecule has 4 rings (SSSR count). The second-order valence-corrected chi connectivity index (χ2v) is 8.81.